The van der Waals surface area contributed by atoms with Crippen LogP contribution in [0.4, 0.5) is 5.95 Å². The molecule has 1 heterocycles. The molecular formula is C21H22N4O3S. The zero-order valence-electron chi connectivity index (χ0n) is 16.4. The van der Waals surface area contributed by atoms with E-state index < -0.39 is 21.3 Å². The quantitative estimate of drug-likeness (QED) is 0.645. The van der Waals surface area contributed by atoms with Gasteiger partial charge in [0.15, 0.2) is 9.84 Å². The topological polar surface area (TPSA) is 115 Å². The highest BCUT2D eigenvalue weighted by atomic mass is 32.2. The van der Waals surface area contributed by atoms with Crippen LogP contribution >= 0.6 is 0 Å². The smallest absolute Gasteiger partial charge is 0.248 e. The molecule has 3 rings (SSSR count). The minimum absolute atomic E-state index is 0.274. The molecule has 0 aliphatic heterocycles. The second-order valence-electron chi connectivity index (χ2n) is 7.29. The lowest BCUT2D eigenvalue weighted by molar-refractivity contribution is 0.100. The van der Waals surface area contributed by atoms with Gasteiger partial charge in [-0.1, -0.05) is 24.3 Å². The Bertz CT molecular complexity index is 1140. The molecule has 1 amide bonds. The van der Waals surface area contributed by atoms with Gasteiger partial charge in [0.25, 0.3) is 0 Å². The monoisotopic (exact) mass is 410 g/mol. The number of carbonyl (C=O) groups is 1. The number of carbonyl (C=O) groups excluding carboxylic acids is 1. The van der Waals surface area contributed by atoms with E-state index in [-0.39, 0.29) is 4.90 Å². The van der Waals surface area contributed by atoms with Crippen molar-refractivity contribution in [2.24, 2.45) is 5.73 Å². The molecule has 2 aromatic carbocycles. The third-order valence-corrected chi connectivity index (χ3v) is 5.69. The molecule has 8 heteroatoms. The molecule has 0 aliphatic carbocycles. The van der Waals surface area contributed by atoms with E-state index in [2.05, 4.69) is 15.3 Å². The van der Waals surface area contributed by atoms with E-state index in [9.17, 15) is 13.2 Å². The first-order valence-electron chi connectivity index (χ1n) is 8.87. The van der Waals surface area contributed by atoms with Crippen LogP contribution in [0.5, 0.6) is 0 Å². The van der Waals surface area contributed by atoms with Gasteiger partial charge in [0.05, 0.1) is 10.4 Å². The molecule has 3 aromatic rings. The van der Waals surface area contributed by atoms with Crippen molar-refractivity contribution in [2.45, 2.75) is 24.3 Å². The second kappa shape index (κ2) is 7.63. The molecular weight excluding hydrogens is 388 g/mol. The molecule has 29 heavy (non-hydrogen) atoms. The number of hydrogen-bond acceptors (Lipinski definition) is 6. The summed E-state index contributed by atoms with van der Waals surface area (Å²) in [6, 6.07) is 13.7. The third kappa shape index (κ3) is 4.78. The number of sulfone groups is 1. The fraction of sp³-hybridized carbons (Fsp3) is 0.190. The molecule has 0 atom stereocenters. The number of nitrogens with zero attached hydrogens (tertiary/aromatic N) is 2. The van der Waals surface area contributed by atoms with Crippen molar-refractivity contribution in [3.05, 3.63) is 72.1 Å². The van der Waals surface area contributed by atoms with E-state index in [4.69, 9.17) is 5.73 Å². The van der Waals surface area contributed by atoms with Gasteiger partial charge in [0.1, 0.15) is 0 Å². The maximum absolute atomic E-state index is 11.6. The van der Waals surface area contributed by atoms with E-state index in [0.717, 1.165) is 16.7 Å². The van der Waals surface area contributed by atoms with Crippen molar-refractivity contribution in [3.8, 4) is 11.1 Å². The summed E-state index contributed by atoms with van der Waals surface area (Å²) >= 11 is 0. The van der Waals surface area contributed by atoms with Gasteiger partial charge >= 0.3 is 0 Å². The van der Waals surface area contributed by atoms with Crippen LogP contribution in [0.15, 0.2) is 65.8 Å². The highest BCUT2D eigenvalue weighted by Gasteiger charge is 2.22. The average Bonchev–Trinajstić information content (AvgIpc) is 2.68. The molecule has 0 saturated carbocycles. The lowest BCUT2D eigenvalue weighted by Gasteiger charge is -2.27. The largest absolute Gasteiger partial charge is 0.366 e. The second-order valence-corrected chi connectivity index (χ2v) is 9.30. The number of hydrogen-bond donors (Lipinski definition) is 2. The first kappa shape index (κ1) is 20.5. The van der Waals surface area contributed by atoms with Crippen molar-refractivity contribution in [1.29, 1.82) is 0 Å². The summed E-state index contributed by atoms with van der Waals surface area (Å²) in [7, 11) is -3.24. The fourth-order valence-corrected chi connectivity index (χ4v) is 3.49. The van der Waals surface area contributed by atoms with Crippen LogP contribution in [-0.2, 0) is 15.4 Å². The van der Waals surface area contributed by atoms with Crippen molar-refractivity contribution >= 4 is 21.7 Å². The maximum atomic E-state index is 11.6. The number of primary amides is 1. The molecule has 1 aromatic heterocycles. The molecule has 0 spiro atoms. The van der Waals surface area contributed by atoms with E-state index in [1.54, 1.807) is 54.9 Å². The Kier molecular flexibility index (Phi) is 5.39. The van der Waals surface area contributed by atoms with Gasteiger partial charge in [-0.2, -0.15) is 0 Å². The Balaban J connectivity index is 1.80. The van der Waals surface area contributed by atoms with Crippen molar-refractivity contribution in [2.75, 3.05) is 11.6 Å². The highest BCUT2D eigenvalue weighted by Crippen LogP contribution is 2.26. The van der Waals surface area contributed by atoms with Crippen molar-refractivity contribution in [3.63, 3.8) is 0 Å². The zero-order chi connectivity index (χ0) is 21.2. The van der Waals surface area contributed by atoms with E-state index in [1.807, 2.05) is 19.9 Å². The first-order valence-corrected chi connectivity index (χ1v) is 10.8. The van der Waals surface area contributed by atoms with Gasteiger partial charge in [-0.05, 0) is 49.2 Å². The molecule has 0 saturated heterocycles. The van der Waals surface area contributed by atoms with Crippen molar-refractivity contribution < 1.29 is 13.2 Å². The molecule has 0 bridgehead atoms. The van der Waals surface area contributed by atoms with Crippen LogP contribution in [0.25, 0.3) is 11.1 Å². The molecule has 0 unspecified atom stereocenters. The summed E-state index contributed by atoms with van der Waals surface area (Å²) in [5.74, 6) is -0.0632. The number of rotatable bonds is 6. The first-order chi connectivity index (χ1) is 13.6. The Morgan fingerprint density at radius 1 is 1.00 bits per heavy atom. The molecule has 3 N–H and O–H groups in total. The predicted octanol–water partition coefficient (Wildman–Crippen LogP) is 2.99. The number of nitrogens with two attached hydrogens (primary N) is 1. The van der Waals surface area contributed by atoms with E-state index >= 15 is 0 Å². The zero-order valence-corrected chi connectivity index (χ0v) is 17.2. The van der Waals surface area contributed by atoms with Gasteiger partial charge in [0, 0.05) is 29.8 Å². The van der Waals surface area contributed by atoms with E-state index in [1.165, 1.54) is 6.26 Å². The molecule has 0 fully saturated rings. The van der Waals surface area contributed by atoms with Gasteiger partial charge in [-0.25, -0.2) is 18.4 Å². The standard InChI is InChI=1S/C21H22N4O3S/c1-21(2,17-7-9-18(10-8-17)29(3,27)28)25-20-23-12-16(13-24-20)14-5-4-6-15(11-14)19(22)26/h4-13H,1-3H3,(H2,22,26)(H,23,24,25). The maximum Gasteiger partial charge on any atom is 0.248 e. The predicted molar refractivity (Wildman–Crippen MR) is 112 cm³/mol. The Hall–Kier alpha value is -3.26. The van der Waals surface area contributed by atoms with Crippen LogP contribution < -0.4 is 11.1 Å². The summed E-state index contributed by atoms with van der Waals surface area (Å²) in [6.07, 6.45) is 4.51. The minimum atomic E-state index is -3.24. The third-order valence-electron chi connectivity index (χ3n) is 4.56. The SMILES string of the molecule is CC(C)(Nc1ncc(-c2cccc(C(N)=O)c2)cn1)c1ccc(S(C)(=O)=O)cc1. The number of aromatic nitrogens is 2. The molecule has 7 nitrogen and oxygen atoms in total. The lowest BCUT2D eigenvalue weighted by Crippen LogP contribution is -2.29. The van der Waals surface area contributed by atoms with E-state index in [0.29, 0.717) is 11.5 Å². The van der Waals surface area contributed by atoms with Crippen LogP contribution in [-0.4, -0.2) is 30.5 Å². The Morgan fingerprint density at radius 2 is 1.62 bits per heavy atom. The number of anilines is 1. The molecule has 0 aliphatic rings. The lowest BCUT2D eigenvalue weighted by atomic mass is 9.94. The average molecular weight is 410 g/mol. The normalized spacial score (nSPS) is 11.8. The van der Waals surface area contributed by atoms with Gasteiger partial charge in [-0.15, -0.1) is 0 Å². The molecule has 150 valence electrons. The van der Waals surface area contributed by atoms with Crippen molar-refractivity contribution in [1.82, 2.24) is 9.97 Å². The summed E-state index contributed by atoms with van der Waals surface area (Å²) < 4.78 is 23.3. The Morgan fingerprint density at radius 3 is 2.17 bits per heavy atom. The van der Waals surface area contributed by atoms with Crippen LogP contribution in [0.3, 0.4) is 0 Å². The summed E-state index contributed by atoms with van der Waals surface area (Å²) in [5, 5.41) is 3.26. The minimum Gasteiger partial charge on any atom is -0.366 e. The Labute approximate surface area is 169 Å². The van der Waals surface area contributed by atoms with Gasteiger partial charge < -0.3 is 11.1 Å². The van der Waals surface area contributed by atoms with Crippen LogP contribution in [0, 0.1) is 0 Å². The van der Waals surface area contributed by atoms with Gasteiger partial charge in [-0.3, -0.25) is 4.79 Å². The van der Waals surface area contributed by atoms with Crippen LogP contribution in [0.1, 0.15) is 29.8 Å². The summed E-state index contributed by atoms with van der Waals surface area (Å²) in [5.41, 5.74) is 7.67. The highest BCUT2D eigenvalue weighted by molar-refractivity contribution is 7.90. The summed E-state index contributed by atoms with van der Waals surface area (Å²) in [4.78, 5) is 20.4. The summed E-state index contributed by atoms with van der Waals surface area (Å²) in [6.45, 7) is 3.91. The number of benzene rings is 2. The fourth-order valence-electron chi connectivity index (χ4n) is 2.86. The number of amides is 1. The van der Waals surface area contributed by atoms with Gasteiger partial charge in [0.2, 0.25) is 11.9 Å². The number of nitrogens with one attached hydrogen (secondary N) is 1. The van der Waals surface area contributed by atoms with Crippen LogP contribution in [0.2, 0.25) is 0 Å². The molecule has 0 radical (unpaired) electrons.